The Morgan fingerprint density at radius 3 is 2.76 bits per heavy atom. The minimum Gasteiger partial charge on any atom is -0.383 e. The second kappa shape index (κ2) is 5.58. The zero-order chi connectivity index (χ0) is 15.1. The number of ether oxygens (including phenoxy) is 1. The number of benzene rings is 1. The number of hydrogen-bond acceptors (Lipinski definition) is 2. The van der Waals surface area contributed by atoms with E-state index in [0.29, 0.717) is 16.9 Å². The Morgan fingerprint density at radius 1 is 1.33 bits per heavy atom. The fourth-order valence-corrected chi connectivity index (χ4v) is 4.78. The Morgan fingerprint density at radius 2 is 2.14 bits per heavy atom. The lowest BCUT2D eigenvalue weighted by atomic mass is 9.70. The van der Waals surface area contributed by atoms with Crippen molar-refractivity contribution < 1.29 is 4.74 Å². The van der Waals surface area contributed by atoms with Crippen molar-refractivity contribution in [3.8, 4) is 0 Å². The first-order chi connectivity index (χ1) is 9.93. The molecule has 0 aliphatic heterocycles. The molecule has 3 atom stereocenters. The second-order valence-electron chi connectivity index (χ2n) is 7.41. The van der Waals surface area contributed by atoms with Crippen molar-refractivity contribution in [1.29, 1.82) is 0 Å². The largest absolute Gasteiger partial charge is 0.383 e. The van der Waals surface area contributed by atoms with Gasteiger partial charge in [0.15, 0.2) is 0 Å². The van der Waals surface area contributed by atoms with Crippen molar-refractivity contribution in [1.82, 2.24) is 0 Å². The highest BCUT2D eigenvalue weighted by Crippen LogP contribution is 2.66. The number of fused-ring (bicyclic) bond motifs is 2. The summed E-state index contributed by atoms with van der Waals surface area (Å²) in [5.74, 6) is 0.852. The van der Waals surface area contributed by atoms with Gasteiger partial charge in [-0.2, -0.15) is 0 Å². The predicted octanol–water partition coefficient (Wildman–Crippen LogP) is 5.09. The molecule has 3 rings (SSSR count). The summed E-state index contributed by atoms with van der Waals surface area (Å²) in [7, 11) is 0. The van der Waals surface area contributed by atoms with Crippen molar-refractivity contribution in [2.24, 2.45) is 16.7 Å². The predicted molar refractivity (Wildman–Crippen MR) is 91.6 cm³/mol. The molecule has 0 radical (unpaired) electrons. The van der Waals surface area contributed by atoms with Crippen LogP contribution < -0.4 is 5.32 Å². The van der Waals surface area contributed by atoms with Crippen LogP contribution in [-0.2, 0) is 4.74 Å². The van der Waals surface area contributed by atoms with Crippen molar-refractivity contribution in [3.05, 3.63) is 28.7 Å². The van der Waals surface area contributed by atoms with E-state index in [-0.39, 0.29) is 0 Å². The maximum atomic E-state index is 6.25. The number of nitrogens with one attached hydrogen (secondary N) is 1. The van der Waals surface area contributed by atoms with Gasteiger partial charge in [0.2, 0.25) is 0 Å². The van der Waals surface area contributed by atoms with Crippen molar-refractivity contribution >= 4 is 21.6 Å². The van der Waals surface area contributed by atoms with Gasteiger partial charge < -0.3 is 10.1 Å². The SMILES string of the molecule is CC1(C)C2CCC1(C)C(OCCNc1cccc(Br)c1)C2. The molecule has 116 valence electrons. The smallest absolute Gasteiger partial charge is 0.0643 e. The van der Waals surface area contributed by atoms with Crippen LogP contribution in [0, 0.1) is 16.7 Å². The van der Waals surface area contributed by atoms with Gasteiger partial charge in [-0.1, -0.05) is 42.8 Å². The second-order valence-corrected chi connectivity index (χ2v) is 8.32. The van der Waals surface area contributed by atoms with E-state index in [9.17, 15) is 0 Å². The molecule has 1 N–H and O–H groups in total. The van der Waals surface area contributed by atoms with Crippen LogP contribution in [-0.4, -0.2) is 19.3 Å². The quantitative estimate of drug-likeness (QED) is 0.745. The highest BCUT2D eigenvalue weighted by atomic mass is 79.9. The van der Waals surface area contributed by atoms with Crippen LogP contribution in [0.5, 0.6) is 0 Å². The van der Waals surface area contributed by atoms with Gasteiger partial charge >= 0.3 is 0 Å². The average Bonchev–Trinajstić information content (AvgIpc) is 2.76. The van der Waals surface area contributed by atoms with Crippen LogP contribution in [0.25, 0.3) is 0 Å². The van der Waals surface area contributed by atoms with E-state index in [1.54, 1.807) is 0 Å². The lowest BCUT2D eigenvalue weighted by molar-refractivity contribution is -0.0425. The topological polar surface area (TPSA) is 21.3 Å². The van der Waals surface area contributed by atoms with Crippen molar-refractivity contribution in [3.63, 3.8) is 0 Å². The van der Waals surface area contributed by atoms with Gasteiger partial charge in [-0.25, -0.2) is 0 Å². The third-order valence-corrected chi connectivity index (χ3v) is 6.78. The molecular formula is C18H26BrNO. The summed E-state index contributed by atoms with van der Waals surface area (Å²) in [4.78, 5) is 0. The van der Waals surface area contributed by atoms with Crippen LogP contribution in [0.15, 0.2) is 28.7 Å². The summed E-state index contributed by atoms with van der Waals surface area (Å²) in [6.45, 7) is 8.97. The molecule has 2 aliphatic carbocycles. The molecule has 2 bridgehead atoms. The molecule has 0 heterocycles. The maximum Gasteiger partial charge on any atom is 0.0643 e. The molecule has 3 heteroatoms. The highest BCUT2D eigenvalue weighted by Gasteiger charge is 2.61. The Balaban J connectivity index is 1.49. The van der Waals surface area contributed by atoms with Gasteiger partial charge in [0.25, 0.3) is 0 Å². The van der Waals surface area contributed by atoms with Crippen LogP contribution in [0.4, 0.5) is 5.69 Å². The lowest BCUT2D eigenvalue weighted by Gasteiger charge is -2.39. The standard InChI is InChI=1S/C18H26BrNO/c1-17(2)13-7-8-18(17,3)16(11-13)21-10-9-20-15-6-4-5-14(19)12-15/h4-6,12-13,16,20H,7-11H2,1-3H3. The normalized spacial score (nSPS) is 33.3. The molecule has 0 spiro atoms. The summed E-state index contributed by atoms with van der Waals surface area (Å²) in [5.41, 5.74) is 1.95. The Hall–Kier alpha value is -0.540. The number of rotatable bonds is 5. The van der Waals surface area contributed by atoms with Crippen molar-refractivity contribution in [2.75, 3.05) is 18.5 Å². The summed E-state index contributed by atoms with van der Waals surface area (Å²) in [6, 6.07) is 8.28. The van der Waals surface area contributed by atoms with E-state index in [2.05, 4.69) is 54.2 Å². The first-order valence-corrected chi connectivity index (χ1v) is 8.84. The molecule has 21 heavy (non-hydrogen) atoms. The van der Waals surface area contributed by atoms with Gasteiger partial charge in [0.05, 0.1) is 12.7 Å². The van der Waals surface area contributed by atoms with Gasteiger partial charge in [0, 0.05) is 16.7 Å². The molecule has 0 aromatic heterocycles. The van der Waals surface area contributed by atoms with Crippen molar-refractivity contribution in [2.45, 2.75) is 46.1 Å². The average molecular weight is 352 g/mol. The van der Waals surface area contributed by atoms with E-state index < -0.39 is 0 Å². The minimum absolute atomic E-state index is 0.368. The molecule has 2 fully saturated rings. The van der Waals surface area contributed by atoms with E-state index >= 15 is 0 Å². The highest BCUT2D eigenvalue weighted by molar-refractivity contribution is 9.10. The zero-order valence-electron chi connectivity index (χ0n) is 13.3. The summed E-state index contributed by atoms with van der Waals surface area (Å²) in [6.07, 6.45) is 4.41. The molecule has 2 aliphatic rings. The van der Waals surface area contributed by atoms with Crippen LogP contribution >= 0.6 is 15.9 Å². The molecule has 0 amide bonds. The fraction of sp³-hybridized carbons (Fsp3) is 0.667. The van der Waals surface area contributed by atoms with Gasteiger partial charge in [0.1, 0.15) is 0 Å². The van der Waals surface area contributed by atoms with Crippen LogP contribution in [0.1, 0.15) is 40.0 Å². The summed E-state index contributed by atoms with van der Waals surface area (Å²) in [5, 5.41) is 3.43. The Bertz CT molecular complexity index is 516. The number of hydrogen-bond donors (Lipinski definition) is 1. The monoisotopic (exact) mass is 351 g/mol. The molecule has 0 saturated heterocycles. The van der Waals surface area contributed by atoms with Gasteiger partial charge in [-0.3, -0.25) is 0 Å². The summed E-state index contributed by atoms with van der Waals surface area (Å²) >= 11 is 3.50. The Labute approximate surface area is 136 Å². The van der Waals surface area contributed by atoms with Gasteiger partial charge in [-0.05, 0) is 54.2 Å². The molecule has 2 saturated carbocycles. The third-order valence-electron chi connectivity index (χ3n) is 6.29. The molecule has 1 aromatic carbocycles. The molecule has 3 unspecified atom stereocenters. The fourth-order valence-electron chi connectivity index (χ4n) is 4.38. The van der Waals surface area contributed by atoms with E-state index in [1.165, 1.54) is 19.3 Å². The first-order valence-electron chi connectivity index (χ1n) is 8.04. The lowest BCUT2D eigenvalue weighted by Crippen LogP contribution is -2.37. The minimum atomic E-state index is 0.368. The maximum absolute atomic E-state index is 6.25. The van der Waals surface area contributed by atoms with Crippen LogP contribution in [0.3, 0.4) is 0 Å². The molecule has 1 aromatic rings. The van der Waals surface area contributed by atoms with Gasteiger partial charge in [-0.15, -0.1) is 0 Å². The first kappa shape index (κ1) is 15.4. The number of anilines is 1. The molecule has 2 nitrogen and oxygen atoms in total. The number of halogens is 1. The van der Waals surface area contributed by atoms with Crippen LogP contribution in [0.2, 0.25) is 0 Å². The van der Waals surface area contributed by atoms with E-state index in [4.69, 9.17) is 4.74 Å². The zero-order valence-corrected chi connectivity index (χ0v) is 14.9. The summed E-state index contributed by atoms with van der Waals surface area (Å²) < 4.78 is 7.36. The Kier molecular flexibility index (Phi) is 4.08. The molecular weight excluding hydrogens is 326 g/mol. The third kappa shape index (κ3) is 2.63. The van der Waals surface area contributed by atoms with E-state index in [0.717, 1.165) is 29.2 Å². The van der Waals surface area contributed by atoms with E-state index in [1.807, 2.05) is 12.1 Å².